The first kappa shape index (κ1) is 27.0. The molecule has 2 saturated heterocycles. The number of carbonyl (C=O) groups excluding carboxylic acids is 1. The van der Waals surface area contributed by atoms with Crippen LogP contribution in [0.5, 0.6) is 0 Å². The Morgan fingerprint density at radius 3 is 2.42 bits per heavy atom. The SMILES string of the molecule is Cc1cc(CCNC(=O)C(c2ccccc2Cl)N2CCC(N3CCCCC3)CC2)cc(C(F)(F)F)c1. The van der Waals surface area contributed by atoms with Crippen LogP contribution in [0.25, 0.3) is 0 Å². The molecule has 2 aliphatic heterocycles. The van der Waals surface area contributed by atoms with Crippen molar-refractivity contribution in [1.29, 1.82) is 0 Å². The van der Waals surface area contributed by atoms with Gasteiger partial charge >= 0.3 is 6.18 Å². The lowest BCUT2D eigenvalue weighted by Crippen LogP contribution is -2.50. The van der Waals surface area contributed by atoms with Crippen LogP contribution in [0.1, 0.15) is 60.4 Å². The van der Waals surface area contributed by atoms with E-state index in [1.54, 1.807) is 19.1 Å². The third-order valence-corrected chi connectivity index (χ3v) is 7.74. The van der Waals surface area contributed by atoms with Gasteiger partial charge < -0.3 is 10.2 Å². The van der Waals surface area contributed by atoms with Crippen LogP contribution < -0.4 is 5.32 Å². The van der Waals surface area contributed by atoms with Gasteiger partial charge in [-0.25, -0.2) is 0 Å². The minimum Gasteiger partial charge on any atom is -0.354 e. The Morgan fingerprint density at radius 2 is 1.75 bits per heavy atom. The Labute approximate surface area is 216 Å². The van der Waals surface area contributed by atoms with Gasteiger partial charge in [0.1, 0.15) is 6.04 Å². The number of benzene rings is 2. The first-order chi connectivity index (χ1) is 17.2. The van der Waals surface area contributed by atoms with Gasteiger partial charge in [0.2, 0.25) is 5.91 Å². The van der Waals surface area contributed by atoms with Gasteiger partial charge in [-0.05, 0) is 81.4 Å². The summed E-state index contributed by atoms with van der Waals surface area (Å²) in [6.07, 6.45) is 1.79. The zero-order valence-corrected chi connectivity index (χ0v) is 21.5. The van der Waals surface area contributed by atoms with Crippen LogP contribution in [-0.4, -0.2) is 54.5 Å². The molecule has 0 saturated carbocycles. The van der Waals surface area contributed by atoms with Gasteiger partial charge in [-0.1, -0.05) is 47.9 Å². The molecule has 196 valence electrons. The van der Waals surface area contributed by atoms with Crippen molar-refractivity contribution < 1.29 is 18.0 Å². The van der Waals surface area contributed by atoms with Crippen molar-refractivity contribution in [2.45, 2.75) is 63.7 Å². The molecule has 1 unspecified atom stereocenters. The normalized spacial score (nSPS) is 19.2. The molecule has 0 aromatic heterocycles. The summed E-state index contributed by atoms with van der Waals surface area (Å²) in [4.78, 5) is 18.3. The number of alkyl halides is 3. The molecule has 0 bridgehead atoms. The van der Waals surface area contributed by atoms with E-state index in [1.807, 2.05) is 18.2 Å². The van der Waals surface area contributed by atoms with E-state index in [2.05, 4.69) is 15.1 Å². The quantitative estimate of drug-likeness (QED) is 0.484. The highest BCUT2D eigenvalue weighted by atomic mass is 35.5. The molecule has 2 heterocycles. The van der Waals surface area contributed by atoms with Crippen LogP contribution >= 0.6 is 11.6 Å². The third kappa shape index (κ3) is 6.81. The lowest BCUT2D eigenvalue weighted by atomic mass is 9.96. The summed E-state index contributed by atoms with van der Waals surface area (Å²) in [6, 6.07) is 11.5. The smallest absolute Gasteiger partial charge is 0.354 e. The predicted octanol–water partition coefficient (Wildman–Crippen LogP) is 6.02. The highest BCUT2D eigenvalue weighted by Crippen LogP contribution is 2.32. The molecular formula is C28H35ClF3N3O. The first-order valence-corrected chi connectivity index (χ1v) is 13.3. The number of rotatable bonds is 7. The molecule has 0 aliphatic carbocycles. The second-order valence-electron chi connectivity index (χ2n) is 10.0. The van der Waals surface area contributed by atoms with Gasteiger partial charge in [0.25, 0.3) is 0 Å². The molecular weight excluding hydrogens is 487 g/mol. The van der Waals surface area contributed by atoms with E-state index in [4.69, 9.17) is 11.6 Å². The molecule has 4 nitrogen and oxygen atoms in total. The fourth-order valence-corrected chi connectivity index (χ4v) is 5.83. The average molecular weight is 522 g/mol. The van der Waals surface area contributed by atoms with Crippen LogP contribution in [0.15, 0.2) is 42.5 Å². The van der Waals surface area contributed by atoms with Crippen LogP contribution in [-0.2, 0) is 17.4 Å². The maximum atomic E-state index is 13.5. The molecule has 2 aliphatic rings. The highest BCUT2D eigenvalue weighted by Gasteiger charge is 2.34. The molecule has 1 atom stereocenters. The standard InChI is InChI=1S/C28H35ClF3N3O/c1-20-17-21(19-22(18-20)28(30,31)32)9-12-33-27(36)26(24-7-3-4-8-25(24)29)35-15-10-23(11-16-35)34-13-5-2-6-14-34/h3-4,7-8,17-19,23,26H,2,5-6,9-16H2,1H3,(H,33,36). The number of carbonyl (C=O) groups is 1. The number of hydrogen-bond acceptors (Lipinski definition) is 3. The summed E-state index contributed by atoms with van der Waals surface area (Å²) < 4.78 is 39.6. The summed E-state index contributed by atoms with van der Waals surface area (Å²) in [5, 5.41) is 3.52. The van der Waals surface area contributed by atoms with Crippen molar-refractivity contribution >= 4 is 17.5 Å². The van der Waals surface area contributed by atoms with E-state index in [0.29, 0.717) is 28.6 Å². The fourth-order valence-electron chi connectivity index (χ4n) is 5.59. The molecule has 2 fully saturated rings. The van der Waals surface area contributed by atoms with Gasteiger partial charge in [-0.15, -0.1) is 0 Å². The maximum absolute atomic E-state index is 13.5. The second kappa shape index (κ2) is 12.0. The molecule has 2 aromatic rings. The second-order valence-corrected chi connectivity index (χ2v) is 10.4. The number of amides is 1. The number of likely N-dealkylation sites (tertiary alicyclic amines) is 2. The van der Waals surface area contributed by atoms with Gasteiger partial charge in [0.05, 0.1) is 5.56 Å². The van der Waals surface area contributed by atoms with E-state index in [9.17, 15) is 18.0 Å². The van der Waals surface area contributed by atoms with Crippen molar-refractivity contribution in [3.05, 3.63) is 69.7 Å². The summed E-state index contributed by atoms with van der Waals surface area (Å²) in [5.41, 5.74) is 1.22. The molecule has 2 aromatic carbocycles. The van der Waals surface area contributed by atoms with Crippen molar-refractivity contribution in [3.63, 3.8) is 0 Å². The number of aryl methyl sites for hydroxylation is 1. The number of nitrogens with one attached hydrogen (secondary N) is 1. The predicted molar refractivity (Wildman–Crippen MR) is 137 cm³/mol. The molecule has 4 rings (SSSR count). The van der Waals surface area contributed by atoms with Gasteiger partial charge in [-0.2, -0.15) is 13.2 Å². The summed E-state index contributed by atoms with van der Waals surface area (Å²) in [6.45, 7) is 5.83. The summed E-state index contributed by atoms with van der Waals surface area (Å²) in [7, 11) is 0. The Kier molecular flexibility index (Phi) is 8.96. The molecule has 0 spiro atoms. The van der Waals surface area contributed by atoms with Crippen molar-refractivity contribution in [3.8, 4) is 0 Å². The van der Waals surface area contributed by atoms with Gasteiger partial charge in [0, 0.05) is 30.7 Å². The Bertz CT molecular complexity index is 1030. The van der Waals surface area contributed by atoms with Crippen molar-refractivity contribution in [2.24, 2.45) is 0 Å². The maximum Gasteiger partial charge on any atom is 0.416 e. The fraction of sp³-hybridized carbons (Fsp3) is 0.536. The van der Waals surface area contributed by atoms with Crippen molar-refractivity contribution in [1.82, 2.24) is 15.1 Å². The van der Waals surface area contributed by atoms with Crippen LogP contribution in [0, 0.1) is 6.92 Å². The zero-order chi connectivity index (χ0) is 25.7. The number of piperidine rings is 2. The largest absolute Gasteiger partial charge is 0.416 e. The Hall–Kier alpha value is -2.09. The number of halogens is 4. The summed E-state index contributed by atoms with van der Waals surface area (Å²) >= 11 is 6.52. The topological polar surface area (TPSA) is 35.6 Å². The van der Waals surface area contributed by atoms with E-state index in [-0.39, 0.29) is 12.5 Å². The zero-order valence-electron chi connectivity index (χ0n) is 20.8. The van der Waals surface area contributed by atoms with E-state index >= 15 is 0 Å². The highest BCUT2D eigenvalue weighted by molar-refractivity contribution is 6.31. The summed E-state index contributed by atoms with van der Waals surface area (Å²) in [5.74, 6) is -0.164. The lowest BCUT2D eigenvalue weighted by molar-refractivity contribution is -0.137. The van der Waals surface area contributed by atoms with Gasteiger partial charge in [0.15, 0.2) is 0 Å². The van der Waals surface area contributed by atoms with E-state index < -0.39 is 17.8 Å². The van der Waals surface area contributed by atoms with Gasteiger partial charge in [-0.3, -0.25) is 9.69 Å². The molecule has 1 amide bonds. The first-order valence-electron chi connectivity index (χ1n) is 12.9. The number of hydrogen-bond donors (Lipinski definition) is 1. The number of nitrogens with zero attached hydrogens (tertiary/aromatic N) is 2. The third-order valence-electron chi connectivity index (χ3n) is 7.40. The molecule has 0 radical (unpaired) electrons. The Balaban J connectivity index is 1.42. The van der Waals surface area contributed by atoms with Crippen LogP contribution in [0.2, 0.25) is 5.02 Å². The Morgan fingerprint density at radius 1 is 1.06 bits per heavy atom. The van der Waals surface area contributed by atoms with Crippen LogP contribution in [0.3, 0.4) is 0 Å². The monoisotopic (exact) mass is 521 g/mol. The average Bonchev–Trinajstić information content (AvgIpc) is 2.85. The lowest BCUT2D eigenvalue weighted by Gasteiger charge is -2.42. The van der Waals surface area contributed by atoms with E-state index in [0.717, 1.165) is 56.7 Å². The van der Waals surface area contributed by atoms with E-state index in [1.165, 1.54) is 19.3 Å². The molecule has 8 heteroatoms. The van der Waals surface area contributed by atoms with Crippen LogP contribution in [0.4, 0.5) is 13.2 Å². The molecule has 1 N–H and O–H groups in total. The minimum atomic E-state index is -4.39. The molecule has 36 heavy (non-hydrogen) atoms. The van der Waals surface area contributed by atoms with Crippen molar-refractivity contribution in [2.75, 3.05) is 32.7 Å². The minimum absolute atomic E-state index is 0.164.